The minimum atomic E-state index is -3.44. The molecule has 9 nitrogen and oxygen atoms in total. The smallest absolute Gasteiger partial charge is 0.228 e. The van der Waals surface area contributed by atoms with Gasteiger partial charge in [-0.1, -0.05) is 13.8 Å². The number of piperidine rings is 1. The molecule has 0 radical (unpaired) electrons. The van der Waals surface area contributed by atoms with Crippen molar-refractivity contribution in [3.8, 4) is 0 Å². The van der Waals surface area contributed by atoms with Crippen molar-refractivity contribution in [1.29, 1.82) is 0 Å². The van der Waals surface area contributed by atoms with Crippen LogP contribution < -0.4 is 4.72 Å². The van der Waals surface area contributed by atoms with Crippen molar-refractivity contribution in [2.75, 3.05) is 38.8 Å². The van der Waals surface area contributed by atoms with Crippen LogP contribution in [0.1, 0.15) is 52.4 Å². The lowest BCUT2D eigenvalue weighted by atomic mass is 9.80. The lowest BCUT2D eigenvalue weighted by molar-refractivity contribution is -0.146. The summed E-state index contributed by atoms with van der Waals surface area (Å²) in [7, 11) is -6.74. The van der Waals surface area contributed by atoms with E-state index in [4.69, 9.17) is 4.74 Å². The van der Waals surface area contributed by atoms with Gasteiger partial charge in [0.25, 0.3) is 0 Å². The van der Waals surface area contributed by atoms with Crippen LogP contribution in [0, 0.1) is 17.8 Å². The predicted octanol–water partition coefficient (Wildman–Crippen LogP) is 1.02. The van der Waals surface area contributed by atoms with E-state index in [9.17, 15) is 21.6 Å². The van der Waals surface area contributed by atoms with Crippen LogP contribution in [0.5, 0.6) is 0 Å². The number of ether oxygens (including phenoxy) is 1. The molecule has 1 saturated carbocycles. The van der Waals surface area contributed by atoms with E-state index in [2.05, 4.69) is 18.6 Å². The molecule has 3 aliphatic rings. The molecule has 1 aliphatic carbocycles. The number of amides is 1. The van der Waals surface area contributed by atoms with E-state index in [0.29, 0.717) is 31.9 Å². The van der Waals surface area contributed by atoms with Crippen LogP contribution >= 0.6 is 0 Å². The Kier molecular flexibility index (Phi) is 8.28. The van der Waals surface area contributed by atoms with Crippen LogP contribution in [0.15, 0.2) is 0 Å². The summed E-state index contributed by atoms with van der Waals surface area (Å²) in [5.41, 5.74) is 0. The van der Waals surface area contributed by atoms with Crippen LogP contribution in [0.2, 0.25) is 0 Å². The van der Waals surface area contributed by atoms with Gasteiger partial charge in [-0.3, -0.25) is 4.79 Å². The zero-order valence-electron chi connectivity index (χ0n) is 19.7. The molecule has 32 heavy (non-hydrogen) atoms. The van der Waals surface area contributed by atoms with Crippen molar-refractivity contribution in [3.05, 3.63) is 0 Å². The van der Waals surface area contributed by atoms with Crippen molar-refractivity contribution < 1.29 is 26.4 Å². The van der Waals surface area contributed by atoms with Crippen molar-refractivity contribution in [1.82, 2.24) is 13.9 Å². The Morgan fingerprint density at radius 2 is 1.66 bits per heavy atom. The van der Waals surface area contributed by atoms with Crippen molar-refractivity contribution >= 4 is 26.0 Å². The molecule has 3 rings (SSSR count). The Labute approximate surface area is 193 Å². The maximum Gasteiger partial charge on any atom is 0.228 e. The second kappa shape index (κ2) is 10.2. The average molecular weight is 494 g/mol. The summed E-state index contributed by atoms with van der Waals surface area (Å²) in [6.45, 7) is 5.70. The number of hydrogen-bond acceptors (Lipinski definition) is 6. The first-order valence-corrected chi connectivity index (χ1v) is 15.4. The van der Waals surface area contributed by atoms with Crippen molar-refractivity contribution in [3.63, 3.8) is 0 Å². The topological polar surface area (TPSA) is 113 Å². The fourth-order valence-corrected chi connectivity index (χ4v) is 6.93. The summed E-state index contributed by atoms with van der Waals surface area (Å²) in [6, 6.07) is -0.790. The molecule has 0 spiro atoms. The number of carbonyl (C=O) groups excluding carboxylic acids is 1. The van der Waals surface area contributed by atoms with E-state index in [0.717, 1.165) is 44.1 Å². The molecule has 1 amide bonds. The lowest BCUT2D eigenvalue weighted by Gasteiger charge is -2.46. The SMILES string of the molecule is CC(C)[C@H]1CC[C@@H](OC[C@@H]2[C@H](NS(C)(=O)=O)CCCN2C(=O)C2CN(S(C)(=O)=O)C2)CC1. The first-order chi connectivity index (χ1) is 14.8. The number of hydrogen-bond donors (Lipinski definition) is 1. The molecule has 186 valence electrons. The molecular formula is C21H39N3O6S2. The minimum Gasteiger partial charge on any atom is -0.376 e. The molecule has 2 atom stereocenters. The van der Waals surface area contributed by atoms with Crippen LogP contribution in [-0.2, 0) is 29.6 Å². The molecule has 2 aliphatic heterocycles. The average Bonchev–Trinajstić information content (AvgIpc) is 2.63. The van der Waals surface area contributed by atoms with Gasteiger partial charge in [-0.25, -0.2) is 25.9 Å². The van der Waals surface area contributed by atoms with Crippen molar-refractivity contribution in [2.24, 2.45) is 17.8 Å². The first kappa shape index (κ1) is 25.9. The second-order valence-electron chi connectivity index (χ2n) is 10.1. The van der Waals surface area contributed by atoms with E-state index in [1.54, 1.807) is 4.90 Å². The maximum atomic E-state index is 13.2. The molecule has 0 aromatic heterocycles. The number of carbonyl (C=O) groups is 1. The molecule has 11 heteroatoms. The molecule has 0 aromatic carbocycles. The summed E-state index contributed by atoms with van der Waals surface area (Å²) >= 11 is 0. The highest BCUT2D eigenvalue weighted by Crippen LogP contribution is 2.32. The number of rotatable bonds is 8. The molecule has 0 bridgehead atoms. The summed E-state index contributed by atoms with van der Waals surface area (Å²) in [5.74, 6) is 0.895. The molecule has 2 saturated heterocycles. The highest BCUT2D eigenvalue weighted by Gasteiger charge is 2.44. The van der Waals surface area contributed by atoms with Gasteiger partial charge < -0.3 is 9.64 Å². The fourth-order valence-electron chi connectivity index (χ4n) is 5.21. The first-order valence-electron chi connectivity index (χ1n) is 11.7. The van der Waals surface area contributed by atoms with Crippen molar-refractivity contribution in [2.45, 2.75) is 70.6 Å². The number of sulfonamides is 2. The standard InChI is InChI=1S/C21H39N3O6S2/c1-15(2)16-7-9-18(10-8-16)30-14-20-19(22-31(3,26)27)6-5-11-24(20)21(25)17-12-23(13-17)32(4,28)29/h15-20,22H,5-14H2,1-4H3/t16-,18+,19-,20-/m1/s1. The van der Waals surface area contributed by atoms with E-state index in [1.165, 1.54) is 4.31 Å². The monoisotopic (exact) mass is 493 g/mol. The zero-order chi connectivity index (χ0) is 23.7. The largest absolute Gasteiger partial charge is 0.376 e. The normalized spacial score (nSPS) is 31.0. The molecule has 0 aromatic rings. The van der Waals surface area contributed by atoms with E-state index >= 15 is 0 Å². The number of nitrogens with zero attached hydrogens (tertiary/aromatic N) is 2. The highest BCUT2D eigenvalue weighted by molar-refractivity contribution is 7.88. The van der Waals surface area contributed by atoms with Crippen LogP contribution in [-0.4, -0.2) is 88.9 Å². The van der Waals surface area contributed by atoms with Crippen LogP contribution in [0.25, 0.3) is 0 Å². The van der Waals surface area contributed by atoms with Gasteiger partial charge in [0.15, 0.2) is 0 Å². The van der Waals surface area contributed by atoms with Gasteiger partial charge in [-0.2, -0.15) is 0 Å². The molecule has 3 fully saturated rings. The van der Waals surface area contributed by atoms with Gasteiger partial charge in [0.1, 0.15) is 0 Å². The third-order valence-electron chi connectivity index (χ3n) is 7.26. The molecule has 1 N–H and O–H groups in total. The highest BCUT2D eigenvalue weighted by atomic mass is 32.2. The Balaban J connectivity index is 1.65. The van der Waals surface area contributed by atoms with Crippen LogP contribution in [0.3, 0.4) is 0 Å². The Hall–Kier alpha value is -0.750. The van der Waals surface area contributed by atoms with E-state index in [1.807, 2.05) is 0 Å². The van der Waals surface area contributed by atoms with Gasteiger partial charge >= 0.3 is 0 Å². The van der Waals surface area contributed by atoms with Crippen LogP contribution in [0.4, 0.5) is 0 Å². The second-order valence-corrected chi connectivity index (χ2v) is 13.9. The fraction of sp³-hybridized carbons (Fsp3) is 0.952. The Bertz CT molecular complexity index is 862. The number of nitrogens with one attached hydrogen (secondary N) is 1. The summed E-state index contributed by atoms with van der Waals surface area (Å²) in [6.07, 6.45) is 7.97. The molecule has 2 heterocycles. The Morgan fingerprint density at radius 1 is 1.03 bits per heavy atom. The lowest BCUT2D eigenvalue weighted by Crippen LogP contribution is -2.63. The molecular weight excluding hydrogens is 454 g/mol. The number of likely N-dealkylation sites (tertiary alicyclic amines) is 1. The third-order valence-corrected chi connectivity index (χ3v) is 9.23. The summed E-state index contributed by atoms with van der Waals surface area (Å²) < 4.78 is 57.5. The summed E-state index contributed by atoms with van der Waals surface area (Å²) in [4.78, 5) is 14.9. The van der Waals surface area contributed by atoms with Gasteiger partial charge in [-0.15, -0.1) is 0 Å². The molecule has 0 unspecified atom stereocenters. The zero-order valence-corrected chi connectivity index (χ0v) is 21.3. The van der Waals surface area contributed by atoms with Gasteiger partial charge in [-0.05, 0) is 50.4 Å². The predicted molar refractivity (Wildman–Crippen MR) is 123 cm³/mol. The minimum absolute atomic E-state index is 0.109. The van der Waals surface area contributed by atoms with Gasteiger partial charge in [0.05, 0.1) is 37.2 Å². The summed E-state index contributed by atoms with van der Waals surface area (Å²) in [5, 5.41) is 0. The van der Waals surface area contributed by atoms with Gasteiger partial charge in [0.2, 0.25) is 26.0 Å². The Morgan fingerprint density at radius 3 is 2.19 bits per heavy atom. The van der Waals surface area contributed by atoms with Gasteiger partial charge in [0, 0.05) is 25.7 Å². The van der Waals surface area contributed by atoms with E-state index in [-0.39, 0.29) is 37.1 Å². The maximum absolute atomic E-state index is 13.2. The quantitative estimate of drug-likeness (QED) is 0.540. The third kappa shape index (κ3) is 6.65. The van der Waals surface area contributed by atoms with E-state index < -0.39 is 26.1 Å².